The maximum Gasteiger partial charge on any atom is 0.131 e. The average Bonchev–Trinajstić information content (AvgIpc) is 2.60. The summed E-state index contributed by atoms with van der Waals surface area (Å²) in [6.07, 6.45) is 10.9. The second-order valence-corrected chi connectivity index (χ2v) is 4.45. The van der Waals surface area contributed by atoms with Crippen molar-refractivity contribution in [2.24, 2.45) is 11.3 Å². The second kappa shape index (κ2) is 2.26. The molecule has 2 saturated carbocycles. The summed E-state index contributed by atoms with van der Waals surface area (Å²) in [5.41, 5.74) is -0.697. The molecule has 0 heterocycles. The van der Waals surface area contributed by atoms with Gasteiger partial charge >= 0.3 is 0 Å². The molecule has 0 saturated heterocycles. The minimum atomic E-state index is -0.773. The lowest BCUT2D eigenvalue weighted by Gasteiger charge is -2.38. The zero-order valence-electron chi connectivity index (χ0n) is 7.64. The number of hydrogen-bond donors (Lipinski definition) is 1. The summed E-state index contributed by atoms with van der Waals surface area (Å²) in [6, 6.07) is 0. The summed E-state index contributed by atoms with van der Waals surface area (Å²) in [5, 5.41) is 10.2. The van der Waals surface area contributed by atoms with E-state index in [9.17, 15) is 5.11 Å². The van der Waals surface area contributed by atoms with Crippen molar-refractivity contribution in [3.8, 4) is 12.3 Å². The van der Waals surface area contributed by atoms with Gasteiger partial charge in [0.1, 0.15) is 5.60 Å². The predicted octanol–water partition coefficient (Wildman–Crippen LogP) is 1.95. The third-order valence-electron chi connectivity index (χ3n) is 4.09. The van der Waals surface area contributed by atoms with Gasteiger partial charge in [0, 0.05) is 5.41 Å². The number of aliphatic hydroxyl groups is 1. The quantitative estimate of drug-likeness (QED) is 0.587. The first kappa shape index (κ1) is 8.13. The van der Waals surface area contributed by atoms with E-state index in [1.54, 1.807) is 0 Å². The fourth-order valence-electron chi connectivity index (χ4n) is 3.25. The van der Waals surface area contributed by atoms with E-state index in [-0.39, 0.29) is 5.41 Å². The molecule has 0 amide bonds. The molecule has 1 heteroatoms. The molecule has 0 radical (unpaired) electrons. The van der Waals surface area contributed by atoms with Crippen LogP contribution in [0.2, 0.25) is 0 Å². The predicted molar refractivity (Wildman–Crippen MR) is 48.5 cm³/mol. The van der Waals surface area contributed by atoms with Crippen molar-refractivity contribution in [1.29, 1.82) is 0 Å². The first-order chi connectivity index (χ1) is 5.66. The van der Waals surface area contributed by atoms with Crippen LogP contribution in [0.25, 0.3) is 0 Å². The van der Waals surface area contributed by atoms with E-state index in [0.717, 1.165) is 25.7 Å². The zero-order chi connectivity index (χ0) is 8.82. The van der Waals surface area contributed by atoms with E-state index in [4.69, 9.17) is 6.42 Å². The number of hydrogen-bond acceptors (Lipinski definition) is 1. The SMILES string of the molecule is C#CC1(O)CC2CCC1(CC)C2. The van der Waals surface area contributed by atoms with Crippen molar-refractivity contribution in [3.63, 3.8) is 0 Å². The van der Waals surface area contributed by atoms with Gasteiger partial charge in [0.2, 0.25) is 0 Å². The van der Waals surface area contributed by atoms with Gasteiger partial charge in [-0.15, -0.1) is 6.42 Å². The Morgan fingerprint density at radius 1 is 1.58 bits per heavy atom. The lowest BCUT2D eigenvalue weighted by Crippen LogP contribution is -2.42. The van der Waals surface area contributed by atoms with Crippen molar-refractivity contribution in [3.05, 3.63) is 0 Å². The Morgan fingerprint density at radius 3 is 2.75 bits per heavy atom. The number of rotatable bonds is 1. The summed E-state index contributed by atoms with van der Waals surface area (Å²) < 4.78 is 0. The summed E-state index contributed by atoms with van der Waals surface area (Å²) in [6.45, 7) is 2.15. The first-order valence-corrected chi connectivity index (χ1v) is 4.86. The van der Waals surface area contributed by atoms with Crippen molar-refractivity contribution in [1.82, 2.24) is 0 Å². The lowest BCUT2D eigenvalue weighted by molar-refractivity contribution is -0.0253. The third kappa shape index (κ3) is 0.742. The van der Waals surface area contributed by atoms with Crippen LogP contribution in [0.1, 0.15) is 39.0 Å². The van der Waals surface area contributed by atoms with Crippen molar-refractivity contribution in [2.75, 3.05) is 0 Å². The molecule has 0 aromatic heterocycles. The maximum atomic E-state index is 10.2. The zero-order valence-corrected chi connectivity index (χ0v) is 7.64. The molecule has 1 N–H and O–H groups in total. The Balaban J connectivity index is 2.36. The van der Waals surface area contributed by atoms with Crippen LogP contribution >= 0.6 is 0 Å². The van der Waals surface area contributed by atoms with Gasteiger partial charge < -0.3 is 5.11 Å². The molecular formula is C11H16O. The van der Waals surface area contributed by atoms with Crippen LogP contribution in [0.3, 0.4) is 0 Å². The van der Waals surface area contributed by atoms with Gasteiger partial charge in [-0.25, -0.2) is 0 Å². The molecule has 0 spiro atoms. The second-order valence-electron chi connectivity index (χ2n) is 4.45. The molecule has 0 aromatic rings. The van der Waals surface area contributed by atoms with Crippen molar-refractivity contribution < 1.29 is 5.11 Å². The summed E-state index contributed by atoms with van der Waals surface area (Å²) in [4.78, 5) is 0. The van der Waals surface area contributed by atoms with Crippen LogP contribution in [0.5, 0.6) is 0 Å². The fraction of sp³-hybridized carbons (Fsp3) is 0.818. The van der Waals surface area contributed by atoms with Gasteiger partial charge in [0.05, 0.1) is 0 Å². The molecule has 2 aliphatic rings. The van der Waals surface area contributed by atoms with Crippen molar-refractivity contribution >= 4 is 0 Å². The monoisotopic (exact) mass is 164 g/mol. The van der Waals surface area contributed by atoms with Crippen LogP contribution in [0, 0.1) is 23.7 Å². The van der Waals surface area contributed by atoms with Gasteiger partial charge in [0.15, 0.2) is 0 Å². The van der Waals surface area contributed by atoms with Gasteiger partial charge in [-0.05, 0) is 38.0 Å². The summed E-state index contributed by atoms with van der Waals surface area (Å²) >= 11 is 0. The minimum Gasteiger partial charge on any atom is -0.377 e. The lowest BCUT2D eigenvalue weighted by atomic mass is 9.70. The highest BCUT2D eigenvalue weighted by molar-refractivity contribution is 5.23. The molecule has 3 atom stereocenters. The molecule has 3 unspecified atom stereocenters. The Bertz CT molecular complexity index is 240. The smallest absolute Gasteiger partial charge is 0.131 e. The van der Waals surface area contributed by atoms with E-state index in [1.807, 2.05) is 0 Å². The minimum absolute atomic E-state index is 0.0758. The summed E-state index contributed by atoms with van der Waals surface area (Å²) in [5.74, 6) is 3.32. The van der Waals surface area contributed by atoms with Crippen LogP contribution in [-0.2, 0) is 0 Å². The highest BCUT2D eigenvalue weighted by Crippen LogP contribution is 2.61. The van der Waals surface area contributed by atoms with Crippen molar-refractivity contribution in [2.45, 2.75) is 44.6 Å². The van der Waals surface area contributed by atoms with Crippen LogP contribution in [0.15, 0.2) is 0 Å². The Hall–Kier alpha value is -0.480. The Morgan fingerprint density at radius 2 is 2.33 bits per heavy atom. The molecule has 2 aliphatic carbocycles. The molecule has 2 bridgehead atoms. The first-order valence-electron chi connectivity index (χ1n) is 4.86. The number of terminal acetylenes is 1. The Kier molecular flexibility index (Phi) is 1.53. The van der Waals surface area contributed by atoms with Crippen LogP contribution < -0.4 is 0 Å². The van der Waals surface area contributed by atoms with Gasteiger partial charge in [-0.2, -0.15) is 0 Å². The molecule has 0 aromatic carbocycles. The summed E-state index contributed by atoms with van der Waals surface area (Å²) in [7, 11) is 0. The van der Waals surface area contributed by atoms with Gasteiger partial charge in [-0.1, -0.05) is 12.8 Å². The maximum absolute atomic E-state index is 10.2. The standard InChI is InChI=1S/C11H16O/c1-3-10-6-5-9(7-10)8-11(10,12)4-2/h2,9,12H,3,5-8H2,1H3. The normalized spacial score (nSPS) is 50.9. The van der Waals surface area contributed by atoms with E-state index < -0.39 is 5.60 Å². The molecule has 0 aliphatic heterocycles. The molecule has 2 rings (SSSR count). The highest BCUT2D eigenvalue weighted by atomic mass is 16.3. The average molecular weight is 164 g/mol. The van der Waals surface area contributed by atoms with Crippen LogP contribution in [0.4, 0.5) is 0 Å². The largest absolute Gasteiger partial charge is 0.377 e. The Labute approximate surface area is 74.2 Å². The van der Waals surface area contributed by atoms with E-state index >= 15 is 0 Å². The molecular weight excluding hydrogens is 148 g/mol. The van der Waals surface area contributed by atoms with E-state index in [1.165, 1.54) is 6.42 Å². The fourth-order valence-corrected chi connectivity index (χ4v) is 3.25. The number of fused-ring (bicyclic) bond motifs is 2. The van der Waals surface area contributed by atoms with Gasteiger partial charge in [0.25, 0.3) is 0 Å². The molecule has 66 valence electrons. The van der Waals surface area contributed by atoms with E-state index in [2.05, 4.69) is 12.8 Å². The highest BCUT2D eigenvalue weighted by Gasteiger charge is 2.59. The topological polar surface area (TPSA) is 20.2 Å². The van der Waals surface area contributed by atoms with Crippen LogP contribution in [-0.4, -0.2) is 10.7 Å². The van der Waals surface area contributed by atoms with Gasteiger partial charge in [-0.3, -0.25) is 0 Å². The molecule has 2 fully saturated rings. The molecule has 1 nitrogen and oxygen atoms in total. The third-order valence-corrected chi connectivity index (χ3v) is 4.09. The molecule has 12 heavy (non-hydrogen) atoms. The van der Waals surface area contributed by atoms with E-state index in [0.29, 0.717) is 5.92 Å².